The number of aliphatic hydroxyl groups is 1. The summed E-state index contributed by atoms with van der Waals surface area (Å²) in [6.07, 6.45) is 9.85. The number of carbonyl (C=O) groups excluding carboxylic acids is 3. The Hall–Kier alpha value is -3.17. The molecule has 0 radical (unpaired) electrons. The molecular formula is C33H45N3O6. The number of esters is 1. The van der Waals surface area contributed by atoms with Crippen molar-refractivity contribution in [2.75, 3.05) is 42.6 Å². The van der Waals surface area contributed by atoms with Crippen LogP contribution in [0, 0.1) is 17.8 Å². The molecule has 2 fully saturated rings. The molecule has 9 heteroatoms. The Kier molecular flexibility index (Phi) is 9.08. The molecule has 4 aliphatic rings. The van der Waals surface area contributed by atoms with Crippen LogP contribution in [0.15, 0.2) is 48.6 Å². The van der Waals surface area contributed by atoms with Crippen LogP contribution in [-0.4, -0.2) is 84.4 Å². The quantitative estimate of drug-likeness (QED) is 0.370. The number of allylic oxidation sites excluding steroid dienone is 1. The standard InChI is InChI=1S/C33H45N3O6/c1-5-34(6-2)23-13-15-24(16-14-23)35-18-11-17-33-28(27-26(42-33)12-9-7-8-10-19-41-32(27)40)30(38)36(29(33)31(35)39)25(21-37)20-22(3)4/h9,11-17,22,25-29,37H,5-8,10,18-21H2,1-4H3/b12-9-/t25-,26+,27-,28+,29?,33+/m1/s1. The summed E-state index contributed by atoms with van der Waals surface area (Å²) in [4.78, 5) is 48.1. The van der Waals surface area contributed by atoms with Gasteiger partial charge in [0.2, 0.25) is 5.91 Å². The van der Waals surface area contributed by atoms with Gasteiger partial charge < -0.3 is 29.3 Å². The number of hydrogen-bond donors (Lipinski definition) is 1. The van der Waals surface area contributed by atoms with E-state index in [0.29, 0.717) is 18.7 Å². The second kappa shape index (κ2) is 12.6. The minimum absolute atomic E-state index is 0.168. The van der Waals surface area contributed by atoms with Crippen molar-refractivity contribution in [3.05, 3.63) is 48.6 Å². The molecule has 0 aliphatic carbocycles. The van der Waals surface area contributed by atoms with Crippen LogP contribution in [0.3, 0.4) is 0 Å². The van der Waals surface area contributed by atoms with Gasteiger partial charge in [-0.25, -0.2) is 0 Å². The van der Waals surface area contributed by atoms with Crippen molar-refractivity contribution in [3.63, 3.8) is 0 Å². The minimum atomic E-state index is -1.36. The van der Waals surface area contributed by atoms with Gasteiger partial charge in [-0.05, 0) is 69.7 Å². The molecule has 0 aromatic heterocycles. The monoisotopic (exact) mass is 579 g/mol. The average Bonchev–Trinajstić information content (AvgIpc) is 3.37. The molecule has 1 spiro atoms. The van der Waals surface area contributed by atoms with Crippen molar-refractivity contribution in [1.29, 1.82) is 0 Å². The van der Waals surface area contributed by atoms with Crippen LogP contribution >= 0.6 is 0 Å². The number of amides is 2. The summed E-state index contributed by atoms with van der Waals surface area (Å²) in [5.74, 6) is -2.74. The van der Waals surface area contributed by atoms with E-state index in [-0.39, 0.29) is 30.9 Å². The lowest BCUT2D eigenvalue weighted by molar-refractivity contribution is -0.155. The average molecular weight is 580 g/mol. The molecule has 5 rings (SSSR count). The van der Waals surface area contributed by atoms with Gasteiger partial charge in [-0.3, -0.25) is 14.4 Å². The zero-order chi connectivity index (χ0) is 30.0. The Morgan fingerprint density at radius 1 is 1.05 bits per heavy atom. The minimum Gasteiger partial charge on any atom is -0.465 e. The Balaban J connectivity index is 1.59. The van der Waals surface area contributed by atoms with Crippen LogP contribution < -0.4 is 9.80 Å². The smallest absolute Gasteiger partial charge is 0.312 e. The largest absolute Gasteiger partial charge is 0.465 e. The number of cyclic esters (lactones) is 1. The molecule has 4 heterocycles. The van der Waals surface area contributed by atoms with Gasteiger partial charge in [0.15, 0.2) is 0 Å². The molecule has 0 bridgehead atoms. The van der Waals surface area contributed by atoms with Crippen molar-refractivity contribution >= 4 is 29.2 Å². The maximum atomic E-state index is 14.7. The fraction of sp³-hybridized carbons (Fsp3) is 0.606. The SMILES string of the molecule is CCN(CC)c1ccc(N2CC=C[C@]34O[C@H]5/C=C\CCCCOC(=O)[C@H]5[C@H]3C(=O)N([C@@H](CO)CC(C)C)C4C2=O)cc1. The summed E-state index contributed by atoms with van der Waals surface area (Å²) in [5, 5.41) is 10.5. The summed E-state index contributed by atoms with van der Waals surface area (Å²) < 4.78 is 12.4. The van der Waals surface area contributed by atoms with Crippen LogP contribution in [-0.2, 0) is 23.9 Å². The van der Waals surface area contributed by atoms with Crippen LogP contribution in [0.1, 0.15) is 53.4 Å². The predicted octanol–water partition coefficient (Wildman–Crippen LogP) is 3.71. The Morgan fingerprint density at radius 3 is 2.45 bits per heavy atom. The van der Waals surface area contributed by atoms with Gasteiger partial charge in [0.05, 0.1) is 31.3 Å². The molecule has 4 aliphatic heterocycles. The van der Waals surface area contributed by atoms with Gasteiger partial charge in [-0.15, -0.1) is 0 Å². The van der Waals surface area contributed by atoms with Crippen molar-refractivity contribution in [2.45, 2.75) is 77.2 Å². The van der Waals surface area contributed by atoms with E-state index in [1.807, 2.05) is 62.4 Å². The van der Waals surface area contributed by atoms with E-state index in [4.69, 9.17) is 9.47 Å². The fourth-order valence-electron chi connectivity index (χ4n) is 7.23. The Labute approximate surface area is 249 Å². The predicted molar refractivity (Wildman–Crippen MR) is 161 cm³/mol. The highest BCUT2D eigenvalue weighted by molar-refractivity contribution is 6.05. The third-order valence-electron chi connectivity index (χ3n) is 9.18. The van der Waals surface area contributed by atoms with Crippen molar-refractivity contribution < 1.29 is 29.0 Å². The molecule has 1 aromatic carbocycles. The van der Waals surface area contributed by atoms with E-state index in [0.717, 1.165) is 38.0 Å². The highest BCUT2D eigenvalue weighted by atomic mass is 16.6. The number of aliphatic hydroxyl groups excluding tert-OH is 1. The van der Waals surface area contributed by atoms with E-state index in [1.54, 1.807) is 4.90 Å². The Bertz CT molecular complexity index is 1210. The van der Waals surface area contributed by atoms with Gasteiger partial charge in [-0.1, -0.05) is 38.2 Å². The molecule has 228 valence electrons. The highest BCUT2D eigenvalue weighted by Gasteiger charge is 2.72. The molecule has 2 saturated heterocycles. The van der Waals surface area contributed by atoms with Crippen LogP contribution in [0.5, 0.6) is 0 Å². The zero-order valence-corrected chi connectivity index (χ0v) is 25.3. The normalized spacial score (nSPS) is 30.9. The van der Waals surface area contributed by atoms with Gasteiger partial charge >= 0.3 is 5.97 Å². The first-order valence-electron chi connectivity index (χ1n) is 15.6. The van der Waals surface area contributed by atoms with Gasteiger partial charge in [-0.2, -0.15) is 0 Å². The second-order valence-electron chi connectivity index (χ2n) is 12.2. The maximum absolute atomic E-state index is 14.7. The number of likely N-dealkylation sites (tertiary alicyclic amines) is 1. The first-order valence-corrected chi connectivity index (χ1v) is 15.6. The fourth-order valence-corrected chi connectivity index (χ4v) is 7.23. The topological polar surface area (TPSA) is 99.6 Å². The maximum Gasteiger partial charge on any atom is 0.312 e. The summed E-state index contributed by atoms with van der Waals surface area (Å²) in [6, 6.07) is 6.26. The zero-order valence-electron chi connectivity index (χ0n) is 25.3. The highest BCUT2D eigenvalue weighted by Crippen LogP contribution is 2.54. The van der Waals surface area contributed by atoms with Crippen molar-refractivity contribution in [1.82, 2.24) is 4.90 Å². The molecule has 1 N–H and O–H groups in total. The van der Waals surface area contributed by atoms with E-state index in [1.165, 1.54) is 4.90 Å². The van der Waals surface area contributed by atoms with Crippen molar-refractivity contribution in [2.24, 2.45) is 17.8 Å². The van der Waals surface area contributed by atoms with Gasteiger partial charge in [0, 0.05) is 31.0 Å². The third kappa shape index (κ3) is 5.26. The lowest BCUT2D eigenvalue weighted by Gasteiger charge is -2.39. The molecule has 42 heavy (non-hydrogen) atoms. The first kappa shape index (κ1) is 30.3. The van der Waals surface area contributed by atoms with E-state index < -0.39 is 41.6 Å². The van der Waals surface area contributed by atoms with E-state index in [9.17, 15) is 19.5 Å². The lowest BCUT2D eigenvalue weighted by atomic mass is 9.78. The summed E-state index contributed by atoms with van der Waals surface area (Å²) in [6.45, 7) is 10.3. The van der Waals surface area contributed by atoms with Crippen molar-refractivity contribution in [3.8, 4) is 0 Å². The van der Waals surface area contributed by atoms with Crippen LogP contribution in [0.4, 0.5) is 11.4 Å². The van der Waals surface area contributed by atoms with Crippen LogP contribution in [0.25, 0.3) is 0 Å². The first-order chi connectivity index (χ1) is 20.3. The lowest BCUT2D eigenvalue weighted by Crippen LogP contribution is -2.58. The number of hydrogen-bond acceptors (Lipinski definition) is 7. The molecule has 6 atom stereocenters. The third-order valence-corrected chi connectivity index (χ3v) is 9.18. The summed E-state index contributed by atoms with van der Waals surface area (Å²) in [7, 11) is 0. The van der Waals surface area contributed by atoms with Gasteiger partial charge in [0.25, 0.3) is 5.91 Å². The number of anilines is 2. The summed E-state index contributed by atoms with van der Waals surface area (Å²) in [5.41, 5.74) is 0.427. The number of rotatable bonds is 8. The van der Waals surface area contributed by atoms with Crippen LogP contribution in [0.2, 0.25) is 0 Å². The Morgan fingerprint density at radius 2 is 1.79 bits per heavy atom. The molecule has 9 nitrogen and oxygen atoms in total. The molecule has 2 amide bonds. The number of carbonyl (C=O) groups is 3. The van der Waals surface area contributed by atoms with Gasteiger partial charge in [0.1, 0.15) is 17.6 Å². The number of nitrogens with zero attached hydrogens (tertiary/aromatic N) is 3. The number of fused-ring (bicyclic) bond motifs is 2. The van der Waals surface area contributed by atoms with E-state index >= 15 is 0 Å². The second-order valence-corrected chi connectivity index (χ2v) is 12.2. The molecule has 1 unspecified atom stereocenters. The molecule has 0 saturated carbocycles. The molecule has 1 aromatic rings. The molecular weight excluding hydrogens is 534 g/mol. The summed E-state index contributed by atoms with van der Waals surface area (Å²) >= 11 is 0. The van der Waals surface area contributed by atoms with E-state index in [2.05, 4.69) is 18.7 Å². The number of benzene rings is 1. The number of ether oxygens (including phenoxy) is 2.